The summed E-state index contributed by atoms with van der Waals surface area (Å²) in [5, 5.41) is 0. The molecular weight excluding hydrogens is 152 g/mol. The third kappa shape index (κ3) is 0.728. The lowest BCUT2D eigenvalue weighted by Gasteiger charge is -2.04. The van der Waals surface area contributed by atoms with Gasteiger partial charge in [-0.1, -0.05) is 0 Å². The third-order valence-electron chi connectivity index (χ3n) is 1.99. The third-order valence-corrected chi connectivity index (χ3v) is 1.99. The lowest BCUT2D eigenvalue weighted by molar-refractivity contribution is 0.0834. The van der Waals surface area contributed by atoms with E-state index in [0.29, 0.717) is 0 Å². The summed E-state index contributed by atoms with van der Waals surface area (Å²) >= 11 is 0. The van der Waals surface area contributed by atoms with E-state index in [1.807, 2.05) is 0 Å². The molecule has 4 heteroatoms. The molecule has 1 aromatic heterocycles. The first-order chi connectivity index (χ1) is 5.06. The second-order valence-electron chi connectivity index (χ2n) is 2.83. The molecule has 0 aromatic carbocycles. The van der Waals surface area contributed by atoms with Crippen molar-refractivity contribution in [2.75, 3.05) is 0 Å². The highest BCUT2D eigenvalue weighted by Gasteiger charge is 2.71. The van der Waals surface area contributed by atoms with Gasteiger partial charge in [-0.3, -0.25) is 0 Å². The zero-order valence-corrected chi connectivity index (χ0v) is 5.68. The van der Waals surface area contributed by atoms with Crippen LogP contribution in [0, 0.1) is 0 Å². The molecule has 1 aliphatic rings. The van der Waals surface area contributed by atoms with Gasteiger partial charge in [0.05, 0.1) is 6.26 Å². The number of furan rings is 1. The van der Waals surface area contributed by atoms with Gasteiger partial charge in [-0.15, -0.1) is 0 Å². The monoisotopic (exact) mass is 159 g/mol. The van der Waals surface area contributed by atoms with Crippen molar-refractivity contribution in [1.82, 2.24) is 0 Å². The predicted molar refractivity (Wildman–Crippen MR) is 34.1 cm³/mol. The predicted octanol–water partition coefficient (Wildman–Crippen LogP) is 1.47. The second-order valence-corrected chi connectivity index (χ2v) is 2.83. The highest BCUT2D eigenvalue weighted by atomic mass is 19.3. The van der Waals surface area contributed by atoms with Crippen molar-refractivity contribution < 1.29 is 13.2 Å². The van der Waals surface area contributed by atoms with Crippen LogP contribution in [-0.2, 0) is 5.54 Å². The van der Waals surface area contributed by atoms with Gasteiger partial charge >= 0.3 is 0 Å². The summed E-state index contributed by atoms with van der Waals surface area (Å²) in [6.07, 6.45) is 1.03. The van der Waals surface area contributed by atoms with Gasteiger partial charge in [0.1, 0.15) is 11.3 Å². The van der Waals surface area contributed by atoms with Crippen molar-refractivity contribution in [3.63, 3.8) is 0 Å². The maximum absolute atomic E-state index is 12.6. The van der Waals surface area contributed by atoms with E-state index < -0.39 is 11.5 Å². The largest absolute Gasteiger partial charge is 0.467 e. The minimum Gasteiger partial charge on any atom is -0.467 e. The van der Waals surface area contributed by atoms with E-state index in [-0.39, 0.29) is 12.2 Å². The van der Waals surface area contributed by atoms with Crippen LogP contribution in [0.3, 0.4) is 0 Å². The minimum atomic E-state index is -2.79. The summed E-state index contributed by atoms with van der Waals surface area (Å²) in [5.74, 6) is -2.62. The molecule has 0 spiro atoms. The lowest BCUT2D eigenvalue weighted by Crippen LogP contribution is -2.26. The molecular formula is C7H7F2NO. The molecule has 0 amide bonds. The van der Waals surface area contributed by atoms with Crippen molar-refractivity contribution in [3.05, 3.63) is 24.2 Å². The Balaban J connectivity index is 2.33. The average Bonchev–Trinajstić information content (AvgIpc) is 2.36. The van der Waals surface area contributed by atoms with Crippen LogP contribution in [0.1, 0.15) is 12.2 Å². The van der Waals surface area contributed by atoms with Crippen LogP contribution in [0.5, 0.6) is 0 Å². The zero-order valence-electron chi connectivity index (χ0n) is 5.68. The fourth-order valence-corrected chi connectivity index (χ4v) is 1.11. The van der Waals surface area contributed by atoms with Gasteiger partial charge < -0.3 is 10.2 Å². The van der Waals surface area contributed by atoms with E-state index >= 15 is 0 Å². The molecule has 1 saturated carbocycles. The Morgan fingerprint density at radius 1 is 1.55 bits per heavy atom. The van der Waals surface area contributed by atoms with Crippen LogP contribution in [0.15, 0.2) is 22.8 Å². The van der Waals surface area contributed by atoms with Gasteiger partial charge in [0.15, 0.2) is 0 Å². The molecule has 0 radical (unpaired) electrons. The van der Waals surface area contributed by atoms with E-state index in [9.17, 15) is 8.78 Å². The standard InChI is InChI=1S/C7H7F2NO/c8-7(9)4-6(7,10)5-2-1-3-11-5/h1-3H,4,10H2. The SMILES string of the molecule is NC1(c2ccco2)CC1(F)F. The first-order valence-corrected chi connectivity index (χ1v) is 3.27. The maximum atomic E-state index is 12.6. The number of halogens is 2. The summed E-state index contributed by atoms with van der Waals surface area (Å²) in [6.45, 7) is 0. The molecule has 2 rings (SSSR count). The smallest absolute Gasteiger partial charge is 0.275 e. The Hall–Kier alpha value is -0.900. The van der Waals surface area contributed by atoms with Crippen LogP contribution < -0.4 is 5.73 Å². The minimum absolute atomic E-state index is 0.169. The van der Waals surface area contributed by atoms with Crippen LogP contribution in [0.2, 0.25) is 0 Å². The first kappa shape index (κ1) is 6.79. The second kappa shape index (κ2) is 1.64. The Bertz CT molecular complexity index is 270. The van der Waals surface area contributed by atoms with Crippen LogP contribution in [0.25, 0.3) is 0 Å². The molecule has 1 aliphatic carbocycles. The molecule has 1 aromatic rings. The highest BCUT2D eigenvalue weighted by Crippen LogP contribution is 2.57. The molecule has 0 saturated heterocycles. The van der Waals surface area contributed by atoms with Gasteiger partial charge in [-0.05, 0) is 12.1 Å². The number of nitrogens with two attached hydrogens (primary N) is 1. The van der Waals surface area contributed by atoms with Crippen LogP contribution in [-0.4, -0.2) is 5.92 Å². The van der Waals surface area contributed by atoms with E-state index in [4.69, 9.17) is 10.2 Å². The van der Waals surface area contributed by atoms with Crippen molar-refractivity contribution >= 4 is 0 Å². The molecule has 2 nitrogen and oxygen atoms in total. The molecule has 2 N–H and O–H groups in total. The molecule has 0 bridgehead atoms. The molecule has 11 heavy (non-hydrogen) atoms. The molecule has 0 aliphatic heterocycles. The van der Waals surface area contributed by atoms with Gasteiger partial charge in [0, 0.05) is 6.42 Å². The van der Waals surface area contributed by atoms with Gasteiger partial charge in [0.25, 0.3) is 5.92 Å². The van der Waals surface area contributed by atoms with E-state index in [1.165, 1.54) is 12.3 Å². The fraction of sp³-hybridized carbons (Fsp3) is 0.429. The van der Waals surface area contributed by atoms with Crippen molar-refractivity contribution in [1.29, 1.82) is 0 Å². The van der Waals surface area contributed by atoms with Crippen molar-refractivity contribution in [3.8, 4) is 0 Å². The normalized spacial score (nSPS) is 33.7. The zero-order chi connectivity index (χ0) is 8.11. The Kier molecular flexibility index (Phi) is 1.01. The summed E-state index contributed by atoms with van der Waals surface area (Å²) in [6, 6.07) is 3.03. The summed E-state index contributed by atoms with van der Waals surface area (Å²) in [4.78, 5) is 0. The Morgan fingerprint density at radius 3 is 2.55 bits per heavy atom. The van der Waals surface area contributed by atoms with E-state index in [0.717, 1.165) is 0 Å². The molecule has 1 heterocycles. The van der Waals surface area contributed by atoms with Gasteiger partial charge in [0.2, 0.25) is 0 Å². The van der Waals surface area contributed by atoms with Gasteiger partial charge in [-0.2, -0.15) is 0 Å². The topological polar surface area (TPSA) is 39.2 Å². The maximum Gasteiger partial charge on any atom is 0.275 e. The number of hydrogen-bond acceptors (Lipinski definition) is 2. The molecule has 1 fully saturated rings. The molecule has 1 atom stereocenters. The van der Waals surface area contributed by atoms with Crippen molar-refractivity contribution in [2.45, 2.75) is 17.9 Å². The number of alkyl halides is 2. The van der Waals surface area contributed by atoms with E-state index in [2.05, 4.69) is 0 Å². The first-order valence-electron chi connectivity index (χ1n) is 3.27. The number of rotatable bonds is 1. The van der Waals surface area contributed by atoms with E-state index in [1.54, 1.807) is 6.07 Å². The van der Waals surface area contributed by atoms with Crippen LogP contribution in [0.4, 0.5) is 8.78 Å². The molecule has 1 unspecified atom stereocenters. The number of hydrogen-bond donors (Lipinski definition) is 1. The summed E-state index contributed by atoms with van der Waals surface area (Å²) in [7, 11) is 0. The highest BCUT2D eigenvalue weighted by molar-refractivity contribution is 5.28. The van der Waals surface area contributed by atoms with Crippen molar-refractivity contribution in [2.24, 2.45) is 5.73 Å². The summed E-state index contributed by atoms with van der Waals surface area (Å²) in [5.41, 5.74) is 3.82. The lowest BCUT2D eigenvalue weighted by atomic mass is 10.2. The summed E-state index contributed by atoms with van der Waals surface area (Å²) < 4.78 is 29.9. The quantitative estimate of drug-likeness (QED) is 0.673. The average molecular weight is 159 g/mol. The van der Waals surface area contributed by atoms with Crippen LogP contribution >= 0.6 is 0 Å². The van der Waals surface area contributed by atoms with Gasteiger partial charge in [-0.25, -0.2) is 8.78 Å². The molecule has 60 valence electrons. The fourth-order valence-electron chi connectivity index (χ4n) is 1.11. The Labute approximate surface area is 62.0 Å². The Morgan fingerprint density at radius 2 is 2.18 bits per heavy atom.